The molecular weight excluding hydrogens is 568 g/mol. The molecule has 10 N–H and O–H groups in total. The average molecular weight is 596 g/mol. The first-order valence-electron chi connectivity index (χ1n) is 12.6. The fourth-order valence-electron chi connectivity index (χ4n) is 4.70. The fourth-order valence-corrected chi connectivity index (χ4v) is 4.70. The summed E-state index contributed by atoms with van der Waals surface area (Å²) in [6.45, 7) is -1.31. The molecule has 5 rings (SSSR count). The Morgan fingerprint density at radius 1 is 0.833 bits per heavy atom. The van der Waals surface area contributed by atoms with Crippen LogP contribution in [0.4, 0.5) is 0 Å². The maximum absolute atomic E-state index is 13.7. The number of fused-ring (bicyclic) bond motifs is 1. The zero-order valence-corrected chi connectivity index (χ0v) is 21.4. The maximum atomic E-state index is 13.7. The Hall–Kier alpha value is -3.71. The summed E-state index contributed by atoms with van der Waals surface area (Å²) in [5.41, 5.74) is -1.38. The summed E-state index contributed by atoms with van der Waals surface area (Å²) in [6.07, 6.45) is -15.5. The number of phenolic OH excluding ortho intramolecular Hbond substituents is 4. The van der Waals surface area contributed by atoms with Crippen molar-refractivity contribution in [1.29, 1.82) is 0 Å². The van der Waals surface area contributed by atoms with Crippen LogP contribution in [0.5, 0.6) is 28.7 Å². The van der Waals surface area contributed by atoms with Gasteiger partial charge in [-0.1, -0.05) is 0 Å². The lowest BCUT2D eigenvalue weighted by Gasteiger charge is -2.44. The lowest BCUT2D eigenvalue weighted by molar-refractivity contribution is -0.345. The minimum atomic E-state index is -1.90. The van der Waals surface area contributed by atoms with Crippen molar-refractivity contribution >= 4 is 11.0 Å². The van der Waals surface area contributed by atoms with Crippen LogP contribution in [0.25, 0.3) is 22.3 Å². The highest BCUT2D eigenvalue weighted by molar-refractivity contribution is 5.88. The highest BCUT2D eigenvalue weighted by Crippen LogP contribution is 2.40. The molecule has 16 heteroatoms. The first-order valence-corrected chi connectivity index (χ1v) is 12.6. The molecule has 228 valence electrons. The number of phenols is 4. The molecule has 0 radical (unpaired) electrons. The van der Waals surface area contributed by atoms with E-state index < -0.39 is 114 Å². The molecule has 0 saturated carbocycles. The van der Waals surface area contributed by atoms with Crippen LogP contribution >= 0.6 is 0 Å². The highest BCUT2D eigenvalue weighted by atomic mass is 16.8. The van der Waals surface area contributed by atoms with Gasteiger partial charge >= 0.3 is 0 Å². The van der Waals surface area contributed by atoms with Crippen molar-refractivity contribution in [3.05, 3.63) is 40.6 Å². The molecule has 16 nitrogen and oxygen atoms in total. The number of ether oxygens (including phenoxy) is 4. The molecule has 0 bridgehead atoms. The molecule has 2 saturated heterocycles. The molecule has 0 aliphatic carbocycles. The summed E-state index contributed by atoms with van der Waals surface area (Å²) in [5.74, 6) is -3.39. The van der Waals surface area contributed by atoms with Crippen molar-refractivity contribution < 1.29 is 74.4 Å². The predicted molar refractivity (Wildman–Crippen MR) is 136 cm³/mol. The van der Waals surface area contributed by atoms with E-state index in [2.05, 4.69) is 0 Å². The quantitative estimate of drug-likeness (QED) is 0.137. The lowest BCUT2D eigenvalue weighted by Crippen LogP contribution is -2.64. The van der Waals surface area contributed by atoms with Gasteiger partial charge in [0.15, 0.2) is 29.7 Å². The van der Waals surface area contributed by atoms with E-state index in [1.807, 2.05) is 0 Å². The van der Waals surface area contributed by atoms with Crippen LogP contribution in [0.15, 0.2) is 39.5 Å². The number of aromatic hydroxyl groups is 4. The topological polar surface area (TPSA) is 269 Å². The zero-order chi connectivity index (χ0) is 30.5. The molecule has 2 aliphatic rings. The first kappa shape index (κ1) is 29.8. The van der Waals surface area contributed by atoms with Gasteiger partial charge in [0.25, 0.3) is 0 Å². The summed E-state index contributed by atoms with van der Waals surface area (Å²) in [7, 11) is 0. The van der Waals surface area contributed by atoms with E-state index in [1.165, 1.54) is 6.07 Å². The van der Waals surface area contributed by atoms with Crippen LogP contribution < -0.4 is 10.2 Å². The third-order valence-corrected chi connectivity index (χ3v) is 6.96. The molecule has 2 aliphatic heterocycles. The molecule has 3 aromatic rings. The van der Waals surface area contributed by atoms with E-state index >= 15 is 0 Å². The first-order chi connectivity index (χ1) is 19.9. The summed E-state index contributed by atoms with van der Waals surface area (Å²) in [5, 5.41) is 101. The van der Waals surface area contributed by atoms with Crippen molar-refractivity contribution in [2.24, 2.45) is 0 Å². The van der Waals surface area contributed by atoms with Gasteiger partial charge in [-0.15, -0.1) is 0 Å². The van der Waals surface area contributed by atoms with E-state index in [9.17, 15) is 55.9 Å². The largest absolute Gasteiger partial charge is 0.508 e. The normalized spacial score (nSPS) is 31.7. The molecule has 42 heavy (non-hydrogen) atoms. The summed E-state index contributed by atoms with van der Waals surface area (Å²) in [6, 6.07) is 5.21. The minimum Gasteiger partial charge on any atom is -0.508 e. The van der Waals surface area contributed by atoms with E-state index in [0.717, 1.165) is 24.3 Å². The van der Waals surface area contributed by atoms with Crippen molar-refractivity contribution in [3.8, 4) is 40.1 Å². The Morgan fingerprint density at radius 3 is 2.26 bits per heavy atom. The van der Waals surface area contributed by atoms with Gasteiger partial charge in [0, 0.05) is 17.7 Å². The summed E-state index contributed by atoms with van der Waals surface area (Å²) in [4.78, 5) is 13.7. The lowest BCUT2D eigenvalue weighted by atomic mass is 9.98. The minimum absolute atomic E-state index is 0.0437. The van der Waals surface area contributed by atoms with Crippen LogP contribution in [-0.4, -0.2) is 120 Å². The van der Waals surface area contributed by atoms with E-state index in [-0.39, 0.29) is 11.1 Å². The Bertz CT molecular complexity index is 1510. The average Bonchev–Trinajstić information content (AvgIpc) is 2.94. The second-order valence-electron chi connectivity index (χ2n) is 9.81. The second-order valence-corrected chi connectivity index (χ2v) is 9.81. The Morgan fingerprint density at radius 2 is 1.57 bits per heavy atom. The van der Waals surface area contributed by atoms with Gasteiger partial charge in [-0.25, -0.2) is 0 Å². The SMILES string of the molecule is O=c1c(O[C@@H]2O[C@H](CO)[C@H](O)[C@H](O)[C@H]2O[C@@H]2OC[C@@H](O)[C@H](O)[C@H]2O)c(-c2ccc(O)c(O)c2)oc2cc(O)cc(O)c12. The third-order valence-electron chi connectivity index (χ3n) is 6.96. The van der Waals surface area contributed by atoms with Crippen LogP contribution in [0.3, 0.4) is 0 Å². The number of hydrogen-bond donors (Lipinski definition) is 10. The van der Waals surface area contributed by atoms with E-state index in [0.29, 0.717) is 0 Å². The van der Waals surface area contributed by atoms with Crippen LogP contribution in [0.1, 0.15) is 0 Å². The standard InChI is InChI=1S/C26H28O16/c27-6-15-18(34)20(36)24(42-25-21(37)17(33)13(32)7-38-25)26(40-15)41-23-19(35)16-12(31)4-9(28)5-14(16)39-22(23)8-1-2-10(29)11(30)3-8/h1-5,13,15,17-18,20-21,24-34,36-37H,6-7H2/t13-,15-,17+,18+,20+,21-,24-,25+,26+/m1/s1. The summed E-state index contributed by atoms with van der Waals surface area (Å²) >= 11 is 0. The molecule has 9 atom stereocenters. The molecule has 1 aromatic heterocycles. The summed E-state index contributed by atoms with van der Waals surface area (Å²) < 4.78 is 28.0. The molecule has 0 unspecified atom stereocenters. The molecule has 0 spiro atoms. The van der Waals surface area contributed by atoms with E-state index in [4.69, 9.17) is 23.4 Å². The molecule has 3 heterocycles. The number of benzene rings is 2. The third kappa shape index (κ3) is 5.31. The van der Waals surface area contributed by atoms with Gasteiger partial charge in [-0.3, -0.25) is 4.79 Å². The number of rotatable bonds is 6. The predicted octanol–water partition coefficient (Wildman–Crippen LogP) is -2.08. The van der Waals surface area contributed by atoms with Crippen molar-refractivity contribution in [2.45, 2.75) is 55.3 Å². The number of aliphatic hydroxyl groups is 6. The van der Waals surface area contributed by atoms with Crippen molar-refractivity contribution in [2.75, 3.05) is 13.2 Å². The molecule has 2 fully saturated rings. The van der Waals surface area contributed by atoms with Gasteiger partial charge < -0.3 is 74.4 Å². The molecule has 0 amide bonds. The van der Waals surface area contributed by atoms with Gasteiger partial charge in [0.1, 0.15) is 59.1 Å². The highest BCUT2D eigenvalue weighted by Gasteiger charge is 2.50. The van der Waals surface area contributed by atoms with Gasteiger partial charge in [-0.05, 0) is 18.2 Å². The Labute approximate surface area is 235 Å². The fraction of sp³-hybridized carbons (Fsp3) is 0.423. The number of aliphatic hydroxyl groups excluding tert-OH is 6. The van der Waals surface area contributed by atoms with Crippen LogP contribution in [0.2, 0.25) is 0 Å². The zero-order valence-electron chi connectivity index (χ0n) is 21.4. The van der Waals surface area contributed by atoms with Gasteiger partial charge in [0.2, 0.25) is 17.5 Å². The van der Waals surface area contributed by atoms with Crippen LogP contribution in [0, 0.1) is 0 Å². The smallest absolute Gasteiger partial charge is 0.239 e. The second kappa shape index (κ2) is 11.5. The Kier molecular flexibility index (Phi) is 8.17. The monoisotopic (exact) mass is 596 g/mol. The Balaban J connectivity index is 1.62. The van der Waals surface area contributed by atoms with E-state index in [1.54, 1.807) is 0 Å². The van der Waals surface area contributed by atoms with Crippen molar-refractivity contribution in [3.63, 3.8) is 0 Å². The molecule has 2 aromatic carbocycles. The van der Waals surface area contributed by atoms with Gasteiger partial charge in [0.05, 0.1) is 13.2 Å². The molecular formula is C26H28O16. The van der Waals surface area contributed by atoms with Gasteiger partial charge in [-0.2, -0.15) is 0 Å². The van der Waals surface area contributed by atoms with Crippen LogP contribution in [-0.2, 0) is 14.2 Å². The number of hydrogen-bond acceptors (Lipinski definition) is 16. The van der Waals surface area contributed by atoms with Crippen molar-refractivity contribution in [1.82, 2.24) is 0 Å². The maximum Gasteiger partial charge on any atom is 0.239 e.